The topological polar surface area (TPSA) is 94.3 Å². The van der Waals surface area contributed by atoms with E-state index in [1.54, 1.807) is 7.11 Å². The van der Waals surface area contributed by atoms with Crippen LogP contribution in [0, 0.1) is 0 Å². The normalized spacial score (nSPS) is 23.5. The summed E-state index contributed by atoms with van der Waals surface area (Å²) in [5.74, 6) is 6.97. The van der Waals surface area contributed by atoms with Gasteiger partial charge in [-0.3, -0.25) is 0 Å². The van der Waals surface area contributed by atoms with Gasteiger partial charge in [-0.1, -0.05) is 0 Å². The second-order valence-electron chi connectivity index (χ2n) is 4.59. The van der Waals surface area contributed by atoms with Crippen LogP contribution < -0.4 is 21.3 Å². The first-order valence-corrected chi connectivity index (χ1v) is 5.90. The van der Waals surface area contributed by atoms with Crippen molar-refractivity contribution in [1.82, 2.24) is 9.97 Å². The van der Waals surface area contributed by atoms with E-state index in [9.17, 15) is 0 Å². The Kier molecular flexibility index (Phi) is 3.83. The Labute approximate surface area is 106 Å². The number of methoxy groups -OCH3 is 1. The highest BCUT2D eigenvalue weighted by Gasteiger charge is 2.29. The van der Waals surface area contributed by atoms with Gasteiger partial charge in [-0.15, -0.1) is 0 Å². The molecule has 0 spiro atoms. The number of nitrogen functional groups attached to an aromatic ring is 1. The summed E-state index contributed by atoms with van der Waals surface area (Å²) in [5.41, 5.74) is 2.34. The van der Waals surface area contributed by atoms with Gasteiger partial charge in [0.15, 0.2) is 11.6 Å². The maximum absolute atomic E-state index is 5.50. The number of hydrazine groups is 1. The molecule has 0 radical (unpaired) electrons. The van der Waals surface area contributed by atoms with Crippen LogP contribution in [0.3, 0.4) is 0 Å². The van der Waals surface area contributed by atoms with E-state index in [4.69, 9.17) is 15.3 Å². The van der Waals surface area contributed by atoms with Crippen molar-refractivity contribution < 1.29 is 9.47 Å². The van der Waals surface area contributed by atoms with Gasteiger partial charge in [-0.2, -0.15) is 0 Å². The molecule has 0 aromatic carbocycles. The van der Waals surface area contributed by atoms with Crippen LogP contribution in [-0.2, 0) is 4.74 Å². The fraction of sp³-hybridized carbons (Fsp3) is 0.636. The van der Waals surface area contributed by atoms with Gasteiger partial charge >= 0.3 is 0 Å². The minimum absolute atomic E-state index is 0.147. The van der Waals surface area contributed by atoms with Crippen LogP contribution in [0.2, 0.25) is 0 Å². The summed E-state index contributed by atoms with van der Waals surface area (Å²) >= 11 is 0. The summed E-state index contributed by atoms with van der Waals surface area (Å²) in [4.78, 5) is 8.20. The standard InChI is InChI=1S/C11H19N5O2/c1-11(4-3-5-18-6-11)15-9-8(17-2)10(16-12)14-7-13-9/h7H,3-6,12H2,1-2H3,(H2,13,14,15,16). The number of ether oxygens (including phenoxy) is 2. The predicted octanol–water partition coefficient (Wildman–Crippen LogP) is 0.752. The third kappa shape index (κ3) is 2.62. The van der Waals surface area contributed by atoms with Crippen molar-refractivity contribution >= 4 is 11.6 Å². The quantitative estimate of drug-likeness (QED) is 0.538. The summed E-state index contributed by atoms with van der Waals surface area (Å²) in [7, 11) is 1.56. The van der Waals surface area contributed by atoms with Crippen LogP contribution in [-0.4, -0.2) is 35.8 Å². The molecule has 0 amide bonds. The lowest BCUT2D eigenvalue weighted by molar-refractivity contribution is 0.0538. The maximum Gasteiger partial charge on any atom is 0.205 e. The molecule has 1 saturated heterocycles. The van der Waals surface area contributed by atoms with E-state index >= 15 is 0 Å². The highest BCUT2D eigenvalue weighted by atomic mass is 16.5. The Hall–Kier alpha value is -1.60. The van der Waals surface area contributed by atoms with Crippen LogP contribution in [0.15, 0.2) is 6.33 Å². The van der Waals surface area contributed by atoms with Crippen molar-refractivity contribution in [2.45, 2.75) is 25.3 Å². The number of anilines is 2. The van der Waals surface area contributed by atoms with E-state index in [1.165, 1.54) is 6.33 Å². The molecule has 1 aromatic rings. The van der Waals surface area contributed by atoms with Crippen molar-refractivity contribution in [2.75, 3.05) is 31.1 Å². The van der Waals surface area contributed by atoms with Crippen molar-refractivity contribution in [3.05, 3.63) is 6.33 Å². The van der Waals surface area contributed by atoms with Crippen LogP contribution in [0.1, 0.15) is 19.8 Å². The zero-order chi connectivity index (χ0) is 13.0. The second-order valence-corrected chi connectivity index (χ2v) is 4.59. The highest BCUT2D eigenvalue weighted by Crippen LogP contribution is 2.32. The molecule has 1 unspecified atom stereocenters. The van der Waals surface area contributed by atoms with E-state index in [2.05, 4.69) is 27.6 Å². The van der Waals surface area contributed by atoms with Crippen LogP contribution in [0.4, 0.5) is 11.6 Å². The largest absolute Gasteiger partial charge is 0.490 e. The molecule has 0 saturated carbocycles. The van der Waals surface area contributed by atoms with E-state index in [0.717, 1.165) is 19.4 Å². The summed E-state index contributed by atoms with van der Waals surface area (Å²) < 4.78 is 10.8. The molecule has 7 nitrogen and oxygen atoms in total. The first kappa shape index (κ1) is 12.8. The number of nitrogens with two attached hydrogens (primary N) is 1. The lowest BCUT2D eigenvalue weighted by Crippen LogP contribution is -2.43. The number of aromatic nitrogens is 2. The summed E-state index contributed by atoms with van der Waals surface area (Å²) in [5, 5.41) is 3.35. The number of nitrogens with zero attached hydrogens (tertiary/aromatic N) is 2. The van der Waals surface area contributed by atoms with E-state index in [1.807, 2.05) is 0 Å². The molecule has 1 aliphatic heterocycles. The SMILES string of the molecule is COc1c(NN)ncnc1NC1(C)CCCOC1. The van der Waals surface area contributed by atoms with Crippen molar-refractivity contribution in [3.8, 4) is 5.75 Å². The van der Waals surface area contributed by atoms with Gasteiger partial charge in [0.2, 0.25) is 5.75 Å². The molecule has 1 aliphatic rings. The molecule has 7 heteroatoms. The Balaban J connectivity index is 2.22. The van der Waals surface area contributed by atoms with Gasteiger partial charge in [0.05, 0.1) is 19.3 Å². The van der Waals surface area contributed by atoms with Crippen LogP contribution >= 0.6 is 0 Å². The molecule has 0 bridgehead atoms. The first-order valence-electron chi connectivity index (χ1n) is 5.90. The molecular formula is C11H19N5O2. The molecule has 0 aliphatic carbocycles. The van der Waals surface area contributed by atoms with Crippen LogP contribution in [0.25, 0.3) is 0 Å². The lowest BCUT2D eigenvalue weighted by Gasteiger charge is -2.35. The molecule has 2 rings (SSSR count). The Morgan fingerprint density at radius 3 is 2.83 bits per heavy atom. The molecule has 2 heterocycles. The summed E-state index contributed by atoms with van der Waals surface area (Å²) in [6, 6.07) is 0. The molecule has 18 heavy (non-hydrogen) atoms. The smallest absolute Gasteiger partial charge is 0.205 e. The molecule has 1 atom stereocenters. The minimum Gasteiger partial charge on any atom is -0.490 e. The summed E-state index contributed by atoms with van der Waals surface area (Å²) in [6.07, 6.45) is 3.48. The maximum atomic E-state index is 5.50. The highest BCUT2D eigenvalue weighted by molar-refractivity contribution is 5.63. The third-order valence-corrected chi connectivity index (χ3v) is 3.00. The average Bonchev–Trinajstić information content (AvgIpc) is 2.38. The molecule has 4 N–H and O–H groups in total. The number of hydrogen-bond acceptors (Lipinski definition) is 7. The number of rotatable bonds is 4. The zero-order valence-electron chi connectivity index (χ0n) is 10.7. The van der Waals surface area contributed by atoms with Crippen molar-refractivity contribution in [1.29, 1.82) is 0 Å². The minimum atomic E-state index is -0.147. The van der Waals surface area contributed by atoms with Gasteiger partial charge in [0, 0.05) is 6.61 Å². The molecular weight excluding hydrogens is 234 g/mol. The summed E-state index contributed by atoms with van der Waals surface area (Å²) in [6.45, 7) is 3.56. The van der Waals surface area contributed by atoms with Crippen molar-refractivity contribution in [2.24, 2.45) is 5.84 Å². The Morgan fingerprint density at radius 2 is 2.22 bits per heavy atom. The van der Waals surface area contributed by atoms with E-state index in [0.29, 0.717) is 24.0 Å². The van der Waals surface area contributed by atoms with Gasteiger partial charge in [0.1, 0.15) is 6.33 Å². The second kappa shape index (κ2) is 5.36. The first-order chi connectivity index (χ1) is 8.68. The fourth-order valence-electron chi connectivity index (χ4n) is 2.08. The number of hydrogen-bond donors (Lipinski definition) is 3. The lowest BCUT2D eigenvalue weighted by atomic mass is 9.95. The predicted molar refractivity (Wildman–Crippen MR) is 68.5 cm³/mol. The van der Waals surface area contributed by atoms with Gasteiger partial charge in [-0.05, 0) is 19.8 Å². The van der Waals surface area contributed by atoms with E-state index < -0.39 is 0 Å². The Bertz CT molecular complexity index is 406. The zero-order valence-corrected chi connectivity index (χ0v) is 10.7. The molecule has 1 fully saturated rings. The van der Waals surface area contributed by atoms with E-state index in [-0.39, 0.29) is 5.54 Å². The molecule has 1 aromatic heterocycles. The number of nitrogens with one attached hydrogen (secondary N) is 2. The van der Waals surface area contributed by atoms with Crippen molar-refractivity contribution in [3.63, 3.8) is 0 Å². The average molecular weight is 253 g/mol. The van der Waals surface area contributed by atoms with Crippen LogP contribution in [0.5, 0.6) is 5.75 Å². The third-order valence-electron chi connectivity index (χ3n) is 3.00. The Morgan fingerprint density at radius 1 is 1.44 bits per heavy atom. The monoisotopic (exact) mass is 253 g/mol. The van der Waals surface area contributed by atoms with Gasteiger partial charge < -0.3 is 20.2 Å². The molecule has 100 valence electrons. The van der Waals surface area contributed by atoms with Gasteiger partial charge in [-0.25, -0.2) is 15.8 Å². The fourth-order valence-corrected chi connectivity index (χ4v) is 2.08. The van der Waals surface area contributed by atoms with Gasteiger partial charge in [0.25, 0.3) is 0 Å².